The minimum Gasteiger partial charge on any atom is -0.496 e. The van der Waals surface area contributed by atoms with Gasteiger partial charge in [0.05, 0.1) is 69.1 Å². The molecule has 10 aromatic heterocycles. The number of fused-ring (bicyclic) bond motifs is 5. The summed E-state index contributed by atoms with van der Waals surface area (Å²) in [5, 5.41) is 55.5. The number of ether oxygens (including phenoxy) is 11. The molecule has 0 bridgehead atoms. The van der Waals surface area contributed by atoms with Crippen LogP contribution in [0, 0.1) is 11.7 Å². The van der Waals surface area contributed by atoms with Crippen LogP contribution in [0.4, 0.5) is 114 Å². The van der Waals surface area contributed by atoms with E-state index in [9.17, 15) is 114 Å². The Balaban J connectivity index is 0.000000145. The van der Waals surface area contributed by atoms with Crippen molar-refractivity contribution in [3.8, 4) is 96.5 Å². The highest BCUT2D eigenvalue weighted by Crippen LogP contribution is 2.43. The second-order valence-electron chi connectivity index (χ2n) is 29.1. The third kappa shape index (κ3) is 24.8. The van der Waals surface area contributed by atoms with E-state index in [0.29, 0.717) is 68.0 Å². The lowest BCUT2D eigenvalue weighted by Crippen LogP contribution is -2.26. The fourth-order valence-corrected chi connectivity index (χ4v) is 12.6. The van der Waals surface area contributed by atoms with Gasteiger partial charge in [0.15, 0.2) is 28.2 Å². The Labute approximate surface area is 747 Å². The second-order valence-corrected chi connectivity index (χ2v) is 29.1. The quantitative estimate of drug-likeness (QED) is 0.0507. The highest BCUT2D eigenvalue weighted by molar-refractivity contribution is 5.72. The smallest absolute Gasteiger partial charge is 0.496 e. The van der Waals surface area contributed by atoms with Gasteiger partial charge in [-0.2, -0.15) is 92.0 Å². The van der Waals surface area contributed by atoms with Crippen molar-refractivity contribution < 1.29 is 166 Å². The summed E-state index contributed by atoms with van der Waals surface area (Å²) in [5.74, 6) is -17.2. The zero-order chi connectivity index (χ0) is 99.7. The molecule has 2 aliphatic rings. The van der Waals surface area contributed by atoms with Crippen molar-refractivity contribution in [1.82, 2.24) is 99.1 Å². The van der Waals surface area contributed by atoms with Crippen LogP contribution in [-0.2, 0) is 55.5 Å². The van der Waals surface area contributed by atoms with Gasteiger partial charge in [0.25, 0.3) is 11.6 Å². The summed E-state index contributed by atoms with van der Waals surface area (Å²) in [6.07, 6.45) is -30.1. The number of aromatic nitrogens is 20. The molecule has 5 aromatic carbocycles. The first-order valence-corrected chi connectivity index (χ1v) is 38.6. The van der Waals surface area contributed by atoms with Crippen molar-refractivity contribution in [1.29, 1.82) is 0 Å². The Morgan fingerprint density at radius 1 is 0.328 bits per heavy atom. The summed E-state index contributed by atoms with van der Waals surface area (Å²) >= 11 is 0. The molecule has 31 nitrogen and oxygen atoms in total. The number of methoxy groups -OCH3 is 4. The molecule has 0 atom stereocenters. The lowest BCUT2D eigenvalue weighted by molar-refractivity contribution is -0.275. The monoisotopic (exact) mass is 1970 g/mol. The first-order valence-electron chi connectivity index (χ1n) is 38.6. The number of rotatable bonds is 24. The van der Waals surface area contributed by atoms with E-state index in [0.717, 1.165) is 97.1 Å². The van der Waals surface area contributed by atoms with Gasteiger partial charge in [0, 0.05) is 86.9 Å². The fraction of sp³-hybridized carbons (Fsp3) is 0.312. The molecular formula is C80H60F26N20O11. The summed E-state index contributed by atoms with van der Waals surface area (Å²) < 4.78 is 391. The molecular weight excluding hydrogens is 1910 g/mol. The maximum absolute atomic E-state index is 14.5. The van der Waals surface area contributed by atoms with Gasteiger partial charge in [-0.3, -0.25) is 0 Å². The molecule has 0 amide bonds. The minimum absolute atomic E-state index is 0.00303. The third-order valence-corrected chi connectivity index (χ3v) is 18.8. The van der Waals surface area contributed by atoms with Crippen molar-refractivity contribution in [2.45, 2.75) is 108 Å². The molecule has 1 aliphatic carbocycles. The van der Waals surface area contributed by atoms with Crippen molar-refractivity contribution >= 4 is 28.2 Å². The van der Waals surface area contributed by atoms with Crippen molar-refractivity contribution in [2.24, 2.45) is 5.92 Å². The molecule has 1 aliphatic heterocycles. The molecule has 1 saturated carbocycles. The SMILES string of the molecule is CC(F)(F)c1nnc2ccc(-c3ccc(OC(F)(F)F)cc3C3COC3)nn12.CC(F)(F)c1nnc2ccc(-c3ccc(OC(F)(F)F)cc3F)nn12.COCc1cc(OC(F)(F)F)ccc1-c1ccc2nnc(C(C)(F)F)n2n1.COc1cc(OC(F)(F)F)ccc1-c1ccc2nnc(C(F)(F)OC)n2n1.COc1cc(OC(F)(F)F)ccc1-c1ccc2nnc(C(F)(F)OCC3CC3)n2n1. The van der Waals surface area contributed by atoms with E-state index < -0.39 is 120 Å². The summed E-state index contributed by atoms with van der Waals surface area (Å²) in [5.41, 5.74) is 3.11. The van der Waals surface area contributed by atoms with Crippen LogP contribution in [0.5, 0.6) is 40.2 Å². The highest BCUT2D eigenvalue weighted by atomic mass is 19.4. The van der Waals surface area contributed by atoms with Gasteiger partial charge in [0.2, 0.25) is 17.5 Å². The Hall–Kier alpha value is -14.5. The predicted octanol–water partition coefficient (Wildman–Crippen LogP) is 19.4. The number of nitrogens with zero attached hydrogens (tertiary/aromatic N) is 20. The van der Waals surface area contributed by atoms with Gasteiger partial charge < -0.3 is 52.1 Å². The van der Waals surface area contributed by atoms with E-state index >= 15 is 0 Å². The molecule has 0 radical (unpaired) electrons. The van der Waals surface area contributed by atoms with Crippen LogP contribution in [0.3, 0.4) is 0 Å². The van der Waals surface area contributed by atoms with Gasteiger partial charge in [-0.05, 0) is 163 Å². The summed E-state index contributed by atoms with van der Waals surface area (Å²) in [7, 11) is 4.65. The Morgan fingerprint density at radius 3 is 0.949 bits per heavy atom. The Morgan fingerprint density at radius 2 is 0.628 bits per heavy atom. The molecule has 15 aromatic rings. The predicted molar refractivity (Wildman–Crippen MR) is 414 cm³/mol. The first kappa shape index (κ1) is 99.9. The van der Waals surface area contributed by atoms with Crippen molar-refractivity contribution in [3.63, 3.8) is 0 Å². The van der Waals surface area contributed by atoms with Crippen LogP contribution < -0.4 is 33.2 Å². The van der Waals surface area contributed by atoms with E-state index in [1.54, 1.807) is 6.07 Å². The molecule has 11 heterocycles. The van der Waals surface area contributed by atoms with Crippen LogP contribution in [0.1, 0.15) is 79.8 Å². The number of benzene rings is 5. The number of alkyl halides is 25. The molecule has 0 N–H and O–H groups in total. The number of halogens is 26. The van der Waals surface area contributed by atoms with E-state index in [1.807, 2.05) is 0 Å². The minimum atomic E-state index is -4.96. The summed E-state index contributed by atoms with van der Waals surface area (Å²) in [6, 6.07) is 30.7. The average molecular weight is 1970 g/mol. The molecule has 57 heteroatoms. The molecule has 137 heavy (non-hydrogen) atoms. The van der Waals surface area contributed by atoms with E-state index in [2.05, 4.69) is 105 Å². The van der Waals surface area contributed by atoms with Gasteiger partial charge in [0.1, 0.15) is 46.1 Å². The normalized spacial score (nSPS) is 13.7. The van der Waals surface area contributed by atoms with E-state index in [-0.39, 0.29) is 110 Å². The first-order chi connectivity index (χ1) is 64.0. The molecule has 0 unspecified atom stereocenters. The zero-order valence-corrected chi connectivity index (χ0v) is 70.1. The highest BCUT2D eigenvalue weighted by Gasteiger charge is 2.44. The maximum atomic E-state index is 14.5. The van der Waals surface area contributed by atoms with Crippen LogP contribution in [0.2, 0.25) is 0 Å². The van der Waals surface area contributed by atoms with Crippen molar-refractivity contribution in [2.75, 3.05) is 48.3 Å². The summed E-state index contributed by atoms with van der Waals surface area (Å²) in [4.78, 5) is 0. The molecule has 2 fully saturated rings. The molecule has 1 saturated heterocycles. The lowest BCUT2D eigenvalue weighted by atomic mass is 9.91. The fourth-order valence-electron chi connectivity index (χ4n) is 12.6. The second kappa shape index (κ2) is 38.7. The standard InChI is InChI=1S/C18H15F5N4O3.C17H13F5N4O2.C16H13F5N4O2.C15H11F5N4O3.C14H8F6N4O/c1-28-14-8-11(30-18(21,22)23)4-5-12(14)13-6-7-15-24-25-16(27(15)26-13)17(19,20)29-9-10-2-3-10;1-16(18,19)15-24-23-14-5-4-13(25-26(14)15)11-3-2-10(28-17(20,21)22)6-12(11)9-7-27-8-9;1-15(17,18)14-23-22-13-6-5-12(24-25(13)14)11-4-3-10(27-16(19,20)21)7-9(11)8-26-2;1-25-11-7-8(27-15(18,19)20)3-4-9(11)10-5-6-12-21-22-13(24(12)23-10)14(16,17)26-2;1-13(16,17)12-22-21-11-5-4-10(23-24(11)12)8-3-2-7(6-9(8)15)25-14(18,19)20/h4-8,10H,2-3,9H2,1H3;2-6,9H,7-8H2,1H3;3-7H,8H2,1-2H3;3-7H,1-2H3;2-6H,1H3. The van der Waals surface area contributed by atoms with Crippen LogP contribution in [0.15, 0.2) is 152 Å². The molecule has 0 spiro atoms. The summed E-state index contributed by atoms with van der Waals surface area (Å²) in [6.45, 7) is 2.46. The van der Waals surface area contributed by atoms with Crippen LogP contribution in [-0.4, -0.2) is 179 Å². The Bertz CT molecular complexity index is 6830. The van der Waals surface area contributed by atoms with Gasteiger partial charge >= 0.3 is 61.8 Å². The molecule has 728 valence electrons. The maximum Gasteiger partial charge on any atom is 0.573 e. The van der Waals surface area contributed by atoms with Crippen LogP contribution >= 0.6 is 0 Å². The lowest BCUT2D eigenvalue weighted by Gasteiger charge is -2.28. The van der Waals surface area contributed by atoms with Gasteiger partial charge in [-0.25, -0.2) is 4.39 Å². The third-order valence-electron chi connectivity index (χ3n) is 18.8. The van der Waals surface area contributed by atoms with Crippen LogP contribution in [0.25, 0.3) is 84.5 Å². The topological polar surface area (TPSA) is 317 Å². The van der Waals surface area contributed by atoms with Gasteiger partial charge in [-0.15, -0.1) is 117 Å². The zero-order valence-electron chi connectivity index (χ0n) is 70.1. The van der Waals surface area contributed by atoms with E-state index in [4.69, 9.17) is 23.7 Å². The number of hydrogen-bond acceptors (Lipinski definition) is 26. The average Bonchev–Trinajstić information content (AvgIpc) is 1.67. The molecule has 17 rings (SSSR count). The van der Waals surface area contributed by atoms with E-state index in [1.165, 1.54) is 106 Å². The Kier molecular flexibility index (Phi) is 28.2. The van der Waals surface area contributed by atoms with Gasteiger partial charge in [-0.1, -0.05) is 0 Å². The van der Waals surface area contributed by atoms with Crippen molar-refractivity contribution in [3.05, 3.63) is 198 Å². The largest absolute Gasteiger partial charge is 0.573 e. The number of hydrogen-bond donors (Lipinski definition) is 0.